The lowest BCUT2D eigenvalue weighted by atomic mass is 10.1. The SMILES string of the molecule is CCc1sc(NC(=O)c2cc(Cl)ccc2Cl)nc1-c1ccccc1. The molecule has 2 aromatic carbocycles. The molecule has 1 amide bonds. The summed E-state index contributed by atoms with van der Waals surface area (Å²) in [6.07, 6.45) is 0.843. The van der Waals surface area contributed by atoms with E-state index in [2.05, 4.69) is 17.2 Å². The Kier molecular flexibility index (Phi) is 5.19. The smallest absolute Gasteiger partial charge is 0.259 e. The molecule has 0 saturated carbocycles. The second-order valence-electron chi connectivity index (χ2n) is 5.09. The van der Waals surface area contributed by atoms with E-state index in [4.69, 9.17) is 23.2 Å². The molecule has 0 atom stereocenters. The van der Waals surface area contributed by atoms with Crippen LogP contribution < -0.4 is 5.32 Å². The molecule has 1 heterocycles. The van der Waals surface area contributed by atoms with Crippen LogP contribution in [-0.4, -0.2) is 10.9 Å². The van der Waals surface area contributed by atoms with E-state index in [9.17, 15) is 4.79 Å². The fourth-order valence-corrected chi connectivity index (χ4v) is 3.60. The van der Waals surface area contributed by atoms with Crippen LogP contribution in [-0.2, 0) is 6.42 Å². The number of halogens is 2. The highest BCUT2D eigenvalue weighted by molar-refractivity contribution is 7.16. The molecule has 0 bridgehead atoms. The van der Waals surface area contributed by atoms with E-state index < -0.39 is 0 Å². The lowest BCUT2D eigenvalue weighted by Gasteiger charge is -2.04. The number of hydrogen-bond donors (Lipinski definition) is 1. The third-order valence-electron chi connectivity index (χ3n) is 3.46. The molecule has 6 heteroatoms. The quantitative estimate of drug-likeness (QED) is 0.612. The minimum absolute atomic E-state index is 0.321. The van der Waals surface area contributed by atoms with Crippen LogP contribution in [0.3, 0.4) is 0 Å². The summed E-state index contributed by atoms with van der Waals surface area (Å²) in [5.41, 5.74) is 2.26. The zero-order valence-electron chi connectivity index (χ0n) is 12.8. The Labute approximate surface area is 154 Å². The molecule has 0 radical (unpaired) electrons. The molecule has 0 aliphatic rings. The van der Waals surface area contributed by atoms with Gasteiger partial charge in [0.2, 0.25) is 0 Å². The maximum absolute atomic E-state index is 12.4. The predicted molar refractivity (Wildman–Crippen MR) is 101 cm³/mol. The fourth-order valence-electron chi connectivity index (χ4n) is 2.30. The number of benzene rings is 2. The molecule has 0 saturated heterocycles. The third-order valence-corrected chi connectivity index (χ3v) is 5.14. The summed E-state index contributed by atoms with van der Waals surface area (Å²) < 4.78 is 0. The van der Waals surface area contributed by atoms with Crippen LogP contribution in [0.4, 0.5) is 5.13 Å². The monoisotopic (exact) mass is 376 g/mol. The number of aryl methyl sites for hydroxylation is 1. The molecule has 3 rings (SSSR count). The zero-order valence-corrected chi connectivity index (χ0v) is 15.2. The summed E-state index contributed by atoms with van der Waals surface area (Å²) in [4.78, 5) is 18.1. The minimum atomic E-state index is -0.321. The summed E-state index contributed by atoms with van der Waals surface area (Å²) in [5, 5.41) is 4.18. The molecule has 0 aliphatic carbocycles. The van der Waals surface area contributed by atoms with Gasteiger partial charge in [-0.15, -0.1) is 11.3 Å². The molecule has 1 N–H and O–H groups in total. The second-order valence-corrected chi connectivity index (χ2v) is 7.02. The van der Waals surface area contributed by atoms with E-state index in [-0.39, 0.29) is 5.91 Å². The Morgan fingerprint density at radius 3 is 2.62 bits per heavy atom. The highest BCUT2D eigenvalue weighted by Gasteiger charge is 2.16. The van der Waals surface area contributed by atoms with E-state index in [0.29, 0.717) is 20.7 Å². The number of rotatable bonds is 4. The van der Waals surface area contributed by atoms with Gasteiger partial charge >= 0.3 is 0 Å². The Morgan fingerprint density at radius 2 is 1.92 bits per heavy atom. The van der Waals surface area contributed by atoms with Crippen molar-refractivity contribution in [2.24, 2.45) is 0 Å². The number of anilines is 1. The van der Waals surface area contributed by atoms with Gasteiger partial charge in [0.25, 0.3) is 5.91 Å². The van der Waals surface area contributed by atoms with Crippen molar-refractivity contribution in [3.63, 3.8) is 0 Å². The largest absolute Gasteiger partial charge is 0.298 e. The molecule has 24 heavy (non-hydrogen) atoms. The molecule has 0 aliphatic heterocycles. The molecule has 0 fully saturated rings. The van der Waals surface area contributed by atoms with Gasteiger partial charge in [-0.05, 0) is 24.6 Å². The Morgan fingerprint density at radius 1 is 1.17 bits per heavy atom. The molecule has 1 aromatic heterocycles. The summed E-state index contributed by atoms with van der Waals surface area (Å²) >= 11 is 13.5. The highest BCUT2D eigenvalue weighted by atomic mass is 35.5. The van der Waals surface area contributed by atoms with Gasteiger partial charge in [0.15, 0.2) is 5.13 Å². The molecular formula is C18H14Cl2N2OS. The van der Waals surface area contributed by atoms with Crippen LogP contribution in [0.5, 0.6) is 0 Å². The van der Waals surface area contributed by atoms with Crippen LogP contribution in [0.1, 0.15) is 22.2 Å². The summed E-state index contributed by atoms with van der Waals surface area (Å²) in [6, 6.07) is 14.7. The van der Waals surface area contributed by atoms with Crippen molar-refractivity contribution < 1.29 is 4.79 Å². The average Bonchev–Trinajstić information content (AvgIpc) is 3.00. The minimum Gasteiger partial charge on any atom is -0.298 e. The van der Waals surface area contributed by atoms with Crippen molar-refractivity contribution in [3.05, 3.63) is 69.0 Å². The lowest BCUT2D eigenvalue weighted by molar-refractivity contribution is 0.102. The van der Waals surface area contributed by atoms with Crippen molar-refractivity contribution in [2.75, 3.05) is 5.32 Å². The number of carbonyl (C=O) groups excluding carboxylic acids is 1. The van der Waals surface area contributed by atoms with Crippen molar-refractivity contribution >= 4 is 45.6 Å². The number of carbonyl (C=O) groups is 1. The first-order valence-corrected chi connectivity index (χ1v) is 8.97. The molecule has 0 unspecified atom stereocenters. The predicted octanol–water partition coefficient (Wildman–Crippen LogP) is 5.93. The topological polar surface area (TPSA) is 42.0 Å². The van der Waals surface area contributed by atoms with Gasteiger partial charge in [-0.3, -0.25) is 10.1 Å². The first kappa shape index (κ1) is 17.0. The maximum Gasteiger partial charge on any atom is 0.259 e. The second kappa shape index (κ2) is 7.34. The zero-order chi connectivity index (χ0) is 17.1. The van der Waals surface area contributed by atoms with Crippen LogP contribution in [0.25, 0.3) is 11.3 Å². The number of thiazole rings is 1. The van der Waals surface area contributed by atoms with Crippen molar-refractivity contribution in [3.8, 4) is 11.3 Å². The van der Waals surface area contributed by atoms with Crippen molar-refractivity contribution in [1.29, 1.82) is 0 Å². The van der Waals surface area contributed by atoms with Gasteiger partial charge < -0.3 is 0 Å². The van der Waals surface area contributed by atoms with Crippen LogP contribution in [0.15, 0.2) is 48.5 Å². The van der Waals surface area contributed by atoms with E-state index in [1.807, 2.05) is 30.3 Å². The van der Waals surface area contributed by atoms with Crippen molar-refractivity contribution in [2.45, 2.75) is 13.3 Å². The average molecular weight is 377 g/mol. The standard InChI is InChI=1S/C18H14Cl2N2OS/c1-2-15-16(11-6-4-3-5-7-11)21-18(24-15)22-17(23)13-10-12(19)8-9-14(13)20/h3-10H,2H2,1H3,(H,21,22,23). The first-order chi connectivity index (χ1) is 11.6. The summed E-state index contributed by atoms with van der Waals surface area (Å²) in [5.74, 6) is -0.321. The van der Waals surface area contributed by atoms with Crippen LogP contribution >= 0.6 is 34.5 Å². The number of nitrogens with zero attached hydrogens (tertiary/aromatic N) is 1. The van der Waals surface area contributed by atoms with E-state index in [0.717, 1.165) is 22.6 Å². The van der Waals surface area contributed by atoms with Crippen molar-refractivity contribution in [1.82, 2.24) is 4.98 Å². The van der Waals surface area contributed by atoms with Crippen LogP contribution in [0.2, 0.25) is 10.0 Å². The van der Waals surface area contributed by atoms with Gasteiger partial charge in [0.1, 0.15) is 0 Å². The van der Waals surface area contributed by atoms with Gasteiger partial charge in [-0.1, -0.05) is 60.5 Å². The van der Waals surface area contributed by atoms with Crippen LogP contribution in [0, 0.1) is 0 Å². The van der Waals surface area contributed by atoms with Gasteiger partial charge in [0.05, 0.1) is 16.3 Å². The third kappa shape index (κ3) is 3.61. The number of aromatic nitrogens is 1. The van der Waals surface area contributed by atoms with Gasteiger partial charge in [-0.25, -0.2) is 4.98 Å². The molecule has 122 valence electrons. The normalized spacial score (nSPS) is 10.6. The Bertz CT molecular complexity index is 878. The Hall–Kier alpha value is -1.88. The first-order valence-electron chi connectivity index (χ1n) is 7.40. The number of hydrogen-bond acceptors (Lipinski definition) is 3. The summed E-state index contributed by atoms with van der Waals surface area (Å²) in [7, 11) is 0. The number of nitrogens with one attached hydrogen (secondary N) is 1. The van der Waals surface area contributed by atoms with Gasteiger partial charge in [-0.2, -0.15) is 0 Å². The highest BCUT2D eigenvalue weighted by Crippen LogP contribution is 2.32. The van der Waals surface area contributed by atoms with E-state index in [1.165, 1.54) is 11.3 Å². The van der Waals surface area contributed by atoms with E-state index >= 15 is 0 Å². The maximum atomic E-state index is 12.4. The van der Waals surface area contributed by atoms with E-state index in [1.54, 1.807) is 18.2 Å². The molecule has 3 nitrogen and oxygen atoms in total. The number of amides is 1. The summed E-state index contributed by atoms with van der Waals surface area (Å²) in [6.45, 7) is 2.07. The lowest BCUT2D eigenvalue weighted by Crippen LogP contribution is -2.12. The Balaban J connectivity index is 1.90. The fraction of sp³-hybridized carbons (Fsp3) is 0.111. The molecule has 0 spiro atoms. The molecule has 3 aromatic rings. The molecular weight excluding hydrogens is 363 g/mol. The van der Waals surface area contributed by atoms with Gasteiger partial charge in [0, 0.05) is 15.5 Å².